The number of carbonyl (C=O) groups excluding carboxylic acids is 1. The minimum absolute atomic E-state index is 0.0720. The Labute approximate surface area is 106 Å². The molecule has 4 nitrogen and oxygen atoms in total. The predicted molar refractivity (Wildman–Crippen MR) is 67.3 cm³/mol. The van der Waals surface area contributed by atoms with E-state index in [1.54, 1.807) is 16.8 Å². The van der Waals surface area contributed by atoms with Crippen LogP contribution in [0.5, 0.6) is 0 Å². The average molecular weight is 296 g/mol. The maximum absolute atomic E-state index is 11.5. The minimum Gasteiger partial charge on any atom is -0.480 e. The number of aromatic nitrogens is 1. The SMILES string of the molecule is CC(=O)c1cn(CC(=O)O)c2ccc(Br)cc12. The van der Waals surface area contributed by atoms with Crippen LogP contribution >= 0.6 is 15.9 Å². The zero-order valence-corrected chi connectivity index (χ0v) is 10.7. The number of Topliss-reactive ketones (excluding diaryl/α,β-unsaturated/α-hetero) is 1. The smallest absolute Gasteiger partial charge is 0.323 e. The fourth-order valence-corrected chi connectivity index (χ4v) is 2.19. The molecule has 5 heteroatoms. The Morgan fingerprint density at radius 3 is 2.71 bits per heavy atom. The van der Waals surface area contributed by atoms with E-state index in [1.165, 1.54) is 6.92 Å². The third-order valence-electron chi connectivity index (χ3n) is 2.53. The van der Waals surface area contributed by atoms with Crippen molar-refractivity contribution in [3.8, 4) is 0 Å². The van der Waals surface area contributed by atoms with Gasteiger partial charge in [0.25, 0.3) is 0 Å². The Morgan fingerprint density at radius 1 is 1.41 bits per heavy atom. The highest BCUT2D eigenvalue weighted by Crippen LogP contribution is 2.25. The van der Waals surface area contributed by atoms with Gasteiger partial charge in [0.05, 0.1) is 0 Å². The number of nitrogens with zero attached hydrogens (tertiary/aromatic N) is 1. The van der Waals surface area contributed by atoms with Crippen molar-refractivity contribution >= 4 is 38.6 Å². The molecule has 1 heterocycles. The number of rotatable bonds is 3. The number of aliphatic carboxylic acids is 1. The van der Waals surface area contributed by atoms with Crippen molar-refractivity contribution in [3.05, 3.63) is 34.4 Å². The third kappa shape index (κ3) is 2.24. The van der Waals surface area contributed by atoms with Crippen LogP contribution in [0.2, 0.25) is 0 Å². The molecular weight excluding hydrogens is 286 g/mol. The number of fused-ring (bicyclic) bond motifs is 1. The van der Waals surface area contributed by atoms with Crippen molar-refractivity contribution in [2.75, 3.05) is 0 Å². The maximum atomic E-state index is 11.5. The van der Waals surface area contributed by atoms with Crippen LogP contribution in [-0.4, -0.2) is 21.4 Å². The number of ketones is 1. The molecule has 0 saturated heterocycles. The van der Waals surface area contributed by atoms with E-state index in [0.717, 1.165) is 15.4 Å². The van der Waals surface area contributed by atoms with Crippen molar-refractivity contribution in [2.24, 2.45) is 0 Å². The molecule has 0 unspecified atom stereocenters. The molecule has 2 rings (SSSR count). The highest BCUT2D eigenvalue weighted by molar-refractivity contribution is 9.10. The Bertz CT molecular complexity index is 615. The summed E-state index contributed by atoms with van der Waals surface area (Å²) >= 11 is 3.34. The van der Waals surface area contributed by atoms with Gasteiger partial charge in [-0.05, 0) is 25.1 Å². The van der Waals surface area contributed by atoms with Crippen LogP contribution in [0.3, 0.4) is 0 Å². The van der Waals surface area contributed by atoms with Crippen LogP contribution in [0.1, 0.15) is 17.3 Å². The molecule has 2 aromatic rings. The molecule has 0 atom stereocenters. The van der Waals surface area contributed by atoms with E-state index >= 15 is 0 Å². The Morgan fingerprint density at radius 2 is 2.12 bits per heavy atom. The molecule has 17 heavy (non-hydrogen) atoms. The molecular formula is C12H10BrNO3. The summed E-state index contributed by atoms with van der Waals surface area (Å²) in [5.74, 6) is -1.00. The van der Waals surface area contributed by atoms with Gasteiger partial charge in [-0.3, -0.25) is 9.59 Å². The van der Waals surface area contributed by atoms with E-state index < -0.39 is 5.97 Å². The number of hydrogen-bond donors (Lipinski definition) is 1. The van der Waals surface area contributed by atoms with E-state index in [9.17, 15) is 9.59 Å². The molecule has 1 aromatic heterocycles. The number of benzene rings is 1. The molecule has 0 aliphatic carbocycles. The first-order valence-corrected chi connectivity index (χ1v) is 5.79. The van der Waals surface area contributed by atoms with Crippen LogP contribution in [0.15, 0.2) is 28.9 Å². The lowest BCUT2D eigenvalue weighted by Gasteiger charge is -2.00. The van der Waals surface area contributed by atoms with Crippen LogP contribution in [0.25, 0.3) is 10.9 Å². The number of carboxylic acids is 1. The van der Waals surface area contributed by atoms with Gasteiger partial charge in [0.15, 0.2) is 5.78 Å². The number of halogens is 1. The van der Waals surface area contributed by atoms with E-state index in [0.29, 0.717) is 5.56 Å². The molecule has 0 fully saturated rings. The lowest BCUT2D eigenvalue weighted by Crippen LogP contribution is -2.07. The third-order valence-corrected chi connectivity index (χ3v) is 3.02. The second-order valence-corrected chi connectivity index (χ2v) is 4.70. The highest BCUT2D eigenvalue weighted by atomic mass is 79.9. The summed E-state index contributed by atoms with van der Waals surface area (Å²) in [6, 6.07) is 5.45. The molecule has 0 spiro atoms. The average Bonchev–Trinajstić information content (AvgIpc) is 2.55. The first kappa shape index (κ1) is 11.9. The van der Waals surface area contributed by atoms with Crippen molar-refractivity contribution < 1.29 is 14.7 Å². The summed E-state index contributed by atoms with van der Waals surface area (Å²) < 4.78 is 2.43. The van der Waals surface area contributed by atoms with Gasteiger partial charge >= 0.3 is 5.97 Å². The largest absolute Gasteiger partial charge is 0.480 e. The molecule has 0 aliphatic heterocycles. The standard InChI is InChI=1S/C12H10BrNO3/c1-7(15)10-5-14(6-12(16)17)11-3-2-8(13)4-9(10)11/h2-5H,6H2,1H3,(H,16,17). The topological polar surface area (TPSA) is 59.3 Å². The first-order chi connectivity index (χ1) is 7.99. The summed E-state index contributed by atoms with van der Waals surface area (Å²) in [7, 11) is 0. The van der Waals surface area contributed by atoms with Crippen LogP contribution in [-0.2, 0) is 11.3 Å². The number of hydrogen-bond acceptors (Lipinski definition) is 2. The number of carboxylic acid groups (broad SMARTS) is 1. The normalized spacial score (nSPS) is 10.7. The van der Waals surface area contributed by atoms with Crippen molar-refractivity contribution in [2.45, 2.75) is 13.5 Å². The van der Waals surface area contributed by atoms with E-state index in [1.807, 2.05) is 12.1 Å². The van der Waals surface area contributed by atoms with E-state index in [-0.39, 0.29) is 12.3 Å². The Hall–Kier alpha value is -1.62. The van der Waals surface area contributed by atoms with Gasteiger partial charge in [-0.15, -0.1) is 0 Å². The summed E-state index contributed by atoms with van der Waals surface area (Å²) in [6.45, 7) is 1.33. The molecule has 0 saturated carbocycles. The maximum Gasteiger partial charge on any atom is 0.323 e. The molecule has 0 aliphatic rings. The predicted octanol–water partition coefficient (Wildman–Crippen LogP) is 2.69. The summed E-state index contributed by atoms with van der Waals surface area (Å²) in [5, 5.41) is 9.59. The Kier molecular flexibility index (Phi) is 3.02. The summed E-state index contributed by atoms with van der Waals surface area (Å²) in [4.78, 5) is 22.2. The lowest BCUT2D eigenvalue weighted by atomic mass is 10.1. The van der Waals surface area contributed by atoms with E-state index in [4.69, 9.17) is 5.11 Å². The van der Waals surface area contributed by atoms with Gasteiger partial charge in [0, 0.05) is 27.1 Å². The Balaban J connectivity index is 2.70. The summed E-state index contributed by atoms with van der Waals surface area (Å²) in [5.41, 5.74) is 1.29. The van der Waals surface area contributed by atoms with Gasteiger partial charge in [0.1, 0.15) is 6.54 Å². The fourth-order valence-electron chi connectivity index (χ4n) is 1.83. The van der Waals surface area contributed by atoms with Crippen LogP contribution < -0.4 is 0 Å². The second kappa shape index (κ2) is 4.33. The van der Waals surface area contributed by atoms with Gasteiger partial charge in [-0.25, -0.2) is 0 Å². The molecule has 0 bridgehead atoms. The molecule has 0 amide bonds. The van der Waals surface area contributed by atoms with Gasteiger partial charge in [0.2, 0.25) is 0 Å². The minimum atomic E-state index is -0.931. The fraction of sp³-hybridized carbons (Fsp3) is 0.167. The van der Waals surface area contributed by atoms with Crippen LogP contribution in [0.4, 0.5) is 0 Å². The van der Waals surface area contributed by atoms with Gasteiger partial charge < -0.3 is 9.67 Å². The van der Waals surface area contributed by atoms with Crippen molar-refractivity contribution in [1.29, 1.82) is 0 Å². The highest BCUT2D eigenvalue weighted by Gasteiger charge is 2.13. The van der Waals surface area contributed by atoms with E-state index in [2.05, 4.69) is 15.9 Å². The monoisotopic (exact) mass is 295 g/mol. The quantitative estimate of drug-likeness (QED) is 0.886. The van der Waals surface area contributed by atoms with Crippen molar-refractivity contribution in [1.82, 2.24) is 4.57 Å². The molecule has 0 radical (unpaired) electrons. The van der Waals surface area contributed by atoms with Gasteiger partial charge in [-0.1, -0.05) is 15.9 Å². The molecule has 1 aromatic carbocycles. The molecule has 88 valence electrons. The summed E-state index contributed by atoms with van der Waals surface area (Å²) in [6.07, 6.45) is 1.59. The zero-order valence-electron chi connectivity index (χ0n) is 9.11. The second-order valence-electron chi connectivity index (χ2n) is 3.78. The first-order valence-electron chi connectivity index (χ1n) is 5.00. The van der Waals surface area contributed by atoms with Gasteiger partial charge in [-0.2, -0.15) is 0 Å². The van der Waals surface area contributed by atoms with Crippen molar-refractivity contribution in [3.63, 3.8) is 0 Å². The van der Waals surface area contributed by atoms with Crippen LogP contribution in [0, 0.1) is 0 Å². The zero-order chi connectivity index (χ0) is 12.6. The number of carbonyl (C=O) groups is 2. The molecule has 1 N–H and O–H groups in total. The lowest BCUT2D eigenvalue weighted by molar-refractivity contribution is -0.137.